The predicted molar refractivity (Wildman–Crippen MR) is 93.8 cm³/mol. The van der Waals surface area contributed by atoms with Gasteiger partial charge in [0.05, 0.1) is 0 Å². The van der Waals surface area contributed by atoms with E-state index in [0.29, 0.717) is 12.2 Å². The number of ether oxygens (including phenoxy) is 2. The molecule has 0 fully saturated rings. The predicted octanol–water partition coefficient (Wildman–Crippen LogP) is 4.50. The Bertz CT molecular complexity index is 700. The standard InChI is InChI=1S/C20H24O4/c1-14(2)15(3)23-19(21)12-7-13-20(22)24-18-11-6-9-16-8-4-5-10-17(16)18/h4-6,8-11,14-15H,7,12-13H2,1-3H3. The van der Waals surface area contributed by atoms with E-state index in [1.807, 2.05) is 57.2 Å². The van der Waals surface area contributed by atoms with Crippen LogP contribution in [0, 0.1) is 5.92 Å². The first-order chi connectivity index (χ1) is 11.5. The zero-order chi connectivity index (χ0) is 17.5. The highest BCUT2D eigenvalue weighted by Gasteiger charge is 2.14. The number of benzene rings is 2. The summed E-state index contributed by atoms with van der Waals surface area (Å²) in [5.74, 6) is 0.226. The largest absolute Gasteiger partial charge is 0.462 e. The highest BCUT2D eigenvalue weighted by atomic mass is 16.5. The Morgan fingerprint density at radius 2 is 1.58 bits per heavy atom. The minimum atomic E-state index is -0.337. The van der Waals surface area contributed by atoms with Crippen molar-refractivity contribution in [3.8, 4) is 5.75 Å². The summed E-state index contributed by atoms with van der Waals surface area (Å²) in [4.78, 5) is 23.7. The van der Waals surface area contributed by atoms with Crippen LogP contribution in [0.15, 0.2) is 42.5 Å². The molecule has 0 saturated carbocycles. The first kappa shape index (κ1) is 18.0. The third kappa shape index (κ3) is 5.08. The van der Waals surface area contributed by atoms with E-state index in [1.54, 1.807) is 6.07 Å². The van der Waals surface area contributed by atoms with Gasteiger partial charge in [-0.2, -0.15) is 0 Å². The molecule has 1 atom stereocenters. The van der Waals surface area contributed by atoms with Crippen LogP contribution in [0.5, 0.6) is 5.75 Å². The van der Waals surface area contributed by atoms with E-state index in [4.69, 9.17) is 9.47 Å². The van der Waals surface area contributed by atoms with E-state index in [0.717, 1.165) is 10.8 Å². The molecule has 2 aromatic carbocycles. The molecule has 0 aromatic heterocycles. The smallest absolute Gasteiger partial charge is 0.311 e. The first-order valence-electron chi connectivity index (χ1n) is 8.35. The molecular formula is C20H24O4. The van der Waals surface area contributed by atoms with Crippen LogP contribution in [0.1, 0.15) is 40.0 Å². The van der Waals surface area contributed by atoms with E-state index in [9.17, 15) is 9.59 Å². The van der Waals surface area contributed by atoms with Crippen molar-refractivity contribution in [3.05, 3.63) is 42.5 Å². The van der Waals surface area contributed by atoms with Gasteiger partial charge in [-0.1, -0.05) is 50.2 Å². The summed E-state index contributed by atoms with van der Waals surface area (Å²) in [7, 11) is 0. The molecule has 1 unspecified atom stereocenters. The summed E-state index contributed by atoms with van der Waals surface area (Å²) >= 11 is 0. The van der Waals surface area contributed by atoms with Gasteiger partial charge in [0.25, 0.3) is 0 Å². The van der Waals surface area contributed by atoms with Crippen LogP contribution in [0.4, 0.5) is 0 Å². The number of carbonyl (C=O) groups is 2. The number of esters is 2. The molecule has 128 valence electrons. The van der Waals surface area contributed by atoms with Crippen LogP contribution in [-0.4, -0.2) is 18.0 Å². The molecule has 0 spiro atoms. The molecule has 4 heteroatoms. The Labute approximate surface area is 142 Å². The number of hydrogen-bond acceptors (Lipinski definition) is 4. The molecule has 0 radical (unpaired) electrons. The molecule has 2 rings (SSSR count). The summed E-state index contributed by atoms with van der Waals surface area (Å²) in [6.45, 7) is 5.87. The second-order valence-corrected chi connectivity index (χ2v) is 6.24. The van der Waals surface area contributed by atoms with E-state index in [2.05, 4.69) is 0 Å². The maximum atomic E-state index is 12.0. The lowest BCUT2D eigenvalue weighted by atomic mass is 10.1. The second kappa shape index (κ2) is 8.48. The maximum absolute atomic E-state index is 12.0. The Morgan fingerprint density at radius 1 is 0.917 bits per heavy atom. The van der Waals surface area contributed by atoms with Crippen LogP contribution in [0.2, 0.25) is 0 Å². The van der Waals surface area contributed by atoms with Gasteiger partial charge < -0.3 is 9.47 Å². The van der Waals surface area contributed by atoms with Crippen LogP contribution in [-0.2, 0) is 14.3 Å². The van der Waals surface area contributed by atoms with Gasteiger partial charge in [0, 0.05) is 18.2 Å². The average Bonchev–Trinajstić information content (AvgIpc) is 2.55. The van der Waals surface area contributed by atoms with Gasteiger partial charge in [-0.25, -0.2) is 0 Å². The third-order valence-electron chi connectivity index (χ3n) is 3.99. The van der Waals surface area contributed by atoms with Gasteiger partial charge in [0.1, 0.15) is 11.9 Å². The number of fused-ring (bicyclic) bond motifs is 1. The summed E-state index contributed by atoms with van der Waals surface area (Å²) in [5.41, 5.74) is 0. The van der Waals surface area contributed by atoms with Gasteiger partial charge in [-0.15, -0.1) is 0 Å². The van der Waals surface area contributed by atoms with E-state index < -0.39 is 0 Å². The molecule has 0 aliphatic rings. The van der Waals surface area contributed by atoms with Gasteiger partial charge >= 0.3 is 11.9 Å². The van der Waals surface area contributed by atoms with E-state index >= 15 is 0 Å². The molecule has 4 nitrogen and oxygen atoms in total. The lowest BCUT2D eigenvalue weighted by Gasteiger charge is -2.16. The zero-order valence-corrected chi connectivity index (χ0v) is 14.5. The lowest BCUT2D eigenvalue weighted by molar-refractivity contribution is -0.150. The van der Waals surface area contributed by atoms with Crippen LogP contribution < -0.4 is 4.74 Å². The molecule has 0 aliphatic heterocycles. The van der Waals surface area contributed by atoms with Gasteiger partial charge in [0.15, 0.2) is 0 Å². The van der Waals surface area contributed by atoms with Crippen molar-refractivity contribution in [3.63, 3.8) is 0 Å². The molecule has 24 heavy (non-hydrogen) atoms. The monoisotopic (exact) mass is 328 g/mol. The third-order valence-corrected chi connectivity index (χ3v) is 3.99. The Hall–Kier alpha value is -2.36. The van der Waals surface area contributed by atoms with Crippen molar-refractivity contribution in [1.82, 2.24) is 0 Å². The SMILES string of the molecule is CC(C)C(C)OC(=O)CCCC(=O)Oc1cccc2ccccc12. The minimum absolute atomic E-state index is 0.111. The molecule has 0 heterocycles. The van der Waals surface area contributed by atoms with Crippen molar-refractivity contribution in [2.75, 3.05) is 0 Å². The molecular weight excluding hydrogens is 304 g/mol. The van der Waals surface area contributed by atoms with Crippen LogP contribution in [0.3, 0.4) is 0 Å². The van der Waals surface area contributed by atoms with E-state index in [1.165, 1.54) is 0 Å². The summed E-state index contributed by atoms with van der Waals surface area (Å²) in [6.07, 6.45) is 0.726. The Balaban J connectivity index is 1.82. The Kier molecular flexibility index (Phi) is 6.36. The molecule has 2 aromatic rings. The highest BCUT2D eigenvalue weighted by molar-refractivity contribution is 5.90. The quantitative estimate of drug-likeness (QED) is 0.554. The fourth-order valence-electron chi connectivity index (χ4n) is 2.24. The van der Waals surface area contributed by atoms with Crippen molar-refractivity contribution in [1.29, 1.82) is 0 Å². The van der Waals surface area contributed by atoms with Gasteiger partial charge in [-0.3, -0.25) is 9.59 Å². The summed E-state index contributed by atoms with van der Waals surface area (Å²) < 4.78 is 10.7. The normalized spacial score (nSPS) is 12.2. The number of rotatable bonds is 7. The number of hydrogen-bond donors (Lipinski definition) is 0. The summed E-state index contributed by atoms with van der Waals surface area (Å²) in [5, 5.41) is 1.92. The second-order valence-electron chi connectivity index (χ2n) is 6.24. The Morgan fingerprint density at radius 3 is 2.33 bits per heavy atom. The fraction of sp³-hybridized carbons (Fsp3) is 0.400. The molecule has 0 N–H and O–H groups in total. The fourth-order valence-corrected chi connectivity index (χ4v) is 2.24. The van der Waals surface area contributed by atoms with Crippen molar-refractivity contribution < 1.29 is 19.1 Å². The lowest BCUT2D eigenvalue weighted by Crippen LogP contribution is -2.20. The van der Waals surface area contributed by atoms with Gasteiger partial charge in [0.2, 0.25) is 0 Å². The molecule has 0 amide bonds. The van der Waals surface area contributed by atoms with E-state index in [-0.39, 0.29) is 36.8 Å². The summed E-state index contributed by atoms with van der Waals surface area (Å²) in [6, 6.07) is 13.3. The minimum Gasteiger partial charge on any atom is -0.462 e. The van der Waals surface area contributed by atoms with Crippen molar-refractivity contribution >= 4 is 22.7 Å². The zero-order valence-electron chi connectivity index (χ0n) is 14.5. The van der Waals surface area contributed by atoms with Crippen molar-refractivity contribution in [2.24, 2.45) is 5.92 Å². The van der Waals surface area contributed by atoms with Crippen LogP contribution >= 0.6 is 0 Å². The number of carbonyl (C=O) groups excluding carboxylic acids is 2. The van der Waals surface area contributed by atoms with Crippen LogP contribution in [0.25, 0.3) is 10.8 Å². The maximum Gasteiger partial charge on any atom is 0.311 e. The van der Waals surface area contributed by atoms with Crippen molar-refractivity contribution in [2.45, 2.75) is 46.1 Å². The topological polar surface area (TPSA) is 52.6 Å². The first-order valence-corrected chi connectivity index (χ1v) is 8.35. The van der Waals surface area contributed by atoms with Gasteiger partial charge in [-0.05, 0) is 30.7 Å². The molecule has 0 aliphatic carbocycles. The molecule has 0 bridgehead atoms. The molecule has 0 saturated heterocycles. The highest BCUT2D eigenvalue weighted by Crippen LogP contribution is 2.25. The average molecular weight is 328 g/mol.